The lowest BCUT2D eigenvalue weighted by Crippen LogP contribution is -2.56. The van der Waals surface area contributed by atoms with Crippen LogP contribution >= 0.6 is 11.8 Å². The number of benzene rings is 2. The Bertz CT molecular complexity index is 1080. The summed E-state index contributed by atoms with van der Waals surface area (Å²) in [5.74, 6) is -1.61. The van der Waals surface area contributed by atoms with Gasteiger partial charge in [0.1, 0.15) is 18.0 Å². The van der Waals surface area contributed by atoms with Gasteiger partial charge in [0, 0.05) is 13.8 Å². The third kappa shape index (κ3) is 4.95. The average molecular weight is 497 g/mol. The minimum atomic E-state index is -1.37. The molecular formula is C25H28N2O5SSi. The number of nitrogens with zero attached hydrogens (tertiary/aromatic N) is 2. The zero-order valence-corrected chi connectivity index (χ0v) is 21.3. The van der Waals surface area contributed by atoms with Gasteiger partial charge in [-0.25, -0.2) is 0 Å². The molecule has 2 aliphatic heterocycles. The second-order valence-electron chi connectivity index (χ2n) is 9.64. The Morgan fingerprint density at radius 2 is 1.56 bits per heavy atom. The van der Waals surface area contributed by atoms with E-state index < -0.39 is 43.2 Å². The molecule has 0 bridgehead atoms. The van der Waals surface area contributed by atoms with Crippen LogP contribution in [0.2, 0.25) is 25.7 Å². The molecule has 1 fully saturated rings. The summed E-state index contributed by atoms with van der Waals surface area (Å²) in [4.78, 5) is 54.9. The quantitative estimate of drug-likeness (QED) is 0.329. The minimum absolute atomic E-state index is 0.239. The molecule has 2 atom stereocenters. The fourth-order valence-electron chi connectivity index (χ4n) is 4.04. The Morgan fingerprint density at radius 1 is 0.971 bits per heavy atom. The number of thioether (sulfide) groups is 1. The first-order valence-electron chi connectivity index (χ1n) is 11.3. The number of carbonyl (C=O) groups is 4. The van der Waals surface area contributed by atoms with Crippen LogP contribution in [0.1, 0.15) is 31.7 Å². The Balaban J connectivity index is 1.56. The SMILES string of the molecule is C[Si](C)(C)CCOC(=O)CN1C(=O)C(N2C(=O)c3ccccc3C2=O)CS[C@@H]1c1ccccc1. The summed E-state index contributed by atoms with van der Waals surface area (Å²) >= 11 is 1.43. The number of esters is 1. The number of imide groups is 1. The van der Waals surface area contributed by atoms with Crippen molar-refractivity contribution in [3.05, 3.63) is 71.3 Å². The first-order chi connectivity index (χ1) is 16.2. The monoisotopic (exact) mass is 496 g/mol. The van der Waals surface area contributed by atoms with Gasteiger partial charge in [0.05, 0.1) is 17.7 Å². The second-order valence-corrected chi connectivity index (χ2v) is 16.4. The van der Waals surface area contributed by atoms with Gasteiger partial charge in [-0.15, -0.1) is 11.8 Å². The summed E-state index contributed by atoms with van der Waals surface area (Å²) in [6, 6.07) is 15.9. The Morgan fingerprint density at radius 3 is 2.15 bits per heavy atom. The molecule has 0 aliphatic carbocycles. The maximum atomic E-state index is 13.7. The maximum absolute atomic E-state index is 13.7. The van der Waals surface area contributed by atoms with Crippen molar-refractivity contribution in [2.75, 3.05) is 18.9 Å². The number of hydrogen-bond acceptors (Lipinski definition) is 6. The first kappa shape index (κ1) is 24.2. The van der Waals surface area contributed by atoms with E-state index in [1.54, 1.807) is 24.3 Å². The van der Waals surface area contributed by atoms with Crippen LogP contribution in [0.4, 0.5) is 0 Å². The van der Waals surface area contributed by atoms with Crippen LogP contribution in [-0.4, -0.2) is 66.5 Å². The first-order valence-corrected chi connectivity index (χ1v) is 16.0. The molecule has 0 aromatic heterocycles. The van der Waals surface area contributed by atoms with Gasteiger partial charge in [0.2, 0.25) is 5.91 Å². The molecular weight excluding hydrogens is 468 g/mol. The number of ether oxygens (including phenoxy) is 1. The Labute approximate surface area is 204 Å². The number of carbonyl (C=O) groups excluding carboxylic acids is 4. The number of amides is 3. The highest BCUT2D eigenvalue weighted by molar-refractivity contribution is 7.99. The molecule has 2 aliphatic rings. The molecule has 178 valence electrons. The molecule has 2 heterocycles. The Kier molecular flexibility index (Phi) is 6.95. The van der Waals surface area contributed by atoms with Crippen LogP contribution < -0.4 is 0 Å². The van der Waals surface area contributed by atoms with E-state index in [1.165, 1.54) is 16.7 Å². The van der Waals surface area contributed by atoms with Crippen molar-refractivity contribution < 1.29 is 23.9 Å². The average Bonchev–Trinajstić information content (AvgIpc) is 3.05. The van der Waals surface area contributed by atoms with Crippen molar-refractivity contribution in [1.29, 1.82) is 0 Å². The molecule has 7 nitrogen and oxygen atoms in total. The highest BCUT2D eigenvalue weighted by Crippen LogP contribution is 2.40. The fraction of sp³-hybridized carbons (Fsp3) is 0.360. The minimum Gasteiger partial charge on any atom is -0.465 e. The summed E-state index contributed by atoms with van der Waals surface area (Å²) in [6.45, 7) is 6.68. The van der Waals surface area contributed by atoms with Crippen molar-refractivity contribution in [2.24, 2.45) is 0 Å². The van der Waals surface area contributed by atoms with E-state index in [0.29, 0.717) is 17.7 Å². The predicted octanol–water partition coefficient (Wildman–Crippen LogP) is 3.81. The fourth-order valence-corrected chi connectivity index (χ4v) is 6.12. The van der Waals surface area contributed by atoms with Crippen LogP contribution in [0.25, 0.3) is 0 Å². The van der Waals surface area contributed by atoms with Crippen molar-refractivity contribution in [3.63, 3.8) is 0 Å². The molecule has 2 aromatic carbocycles. The van der Waals surface area contributed by atoms with Gasteiger partial charge < -0.3 is 9.64 Å². The highest BCUT2D eigenvalue weighted by atomic mass is 32.2. The van der Waals surface area contributed by atoms with Crippen LogP contribution in [0.3, 0.4) is 0 Å². The molecule has 34 heavy (non-hydrogen) atoms. The summed E-state index contributed by atoms with van der Waals surface area (Å²) in [7, 11) is -1.37. The van der Waals surface area contributed by atoms with E-state index in [9.17, 15) is 19.2 Å². The van der Waals surface area contributed by atoms with Crippen LogP contribution in [0, 0.1) is 0 Å². The van der Waals surface area contributed by atoms with Gasteiger partial charge in [-0.2, -0.15) is 0 Å². The van der Waals surface area contributed by atoms with E-state index in [4.69, 9.17) is 4.74 Å². The van der Waals surface area contributed by atoms with Crippen LogP contribution in [-0.2, 0) is 14.3 Å². The van der Waals surface area contributed by atoms with Gasteiger partial charge >= 0.3 is 5.97 Å². The van der Waals surface area contributed by atoms with Crippen LogP contribution in [0.5, 0.6) is 0 Å². The van der Waals surface area contributed by atoms with E-state index >= 15 is 0 Å². The largest absolute Gasteiger partial charge is 0.465 e. The molecule has 0 radical (unpaired) electrons. The van der Waals surface area contributed by atoms with Crippen molar-refractivity contribution in [2.45, 2.75) is 37.1 Å². The predicted molar refractivity (Wildman–Crippen MR) is 133 cm³/mol. The van der Waals surface area contributed by atoms with E-state index in [1.807, 2.05) is 30.3 Å². The molecule has 0 N–H and O–H groups in total. The lowest BCUT2D eigenvalue weighted by molar-refractivity contribution is -0.150. The van der Waals surface area contributed by atoms with Crippen molar-refractivity contribution in [3.8, 4) is 0 Å². The van der Waals surface area contributed by atoms with Crippen molar-refractivity contribution >= 4 is 43.5 Å². The van der Waals surface area contributed by atoms with Crippen LogP contribution in [0.15, 0.2) is 54.6 Å². The number of hydrogen-bond donors (Lipinski definition) is 0. The molecule has 9 heteroatoms. The van der Waals surface area contributed by atoms with E-state index in [-0.39, 0.29) is 12.3 Å². The zero-order chi connectivity index (χ0) is 24.5. The van der Waals surface area contributed by atoms with E-state index in [2.05, 4.69) is 19.6 Å². The van der Waals surface area contributed by atoms with E-state index in [0.717, 1.165) is 16.5 Å². The zero-order valence-electron chi connectivity index (χ0n) is 19.5. The summed E-state index contributed by atoms with van der Waals surface area (Å²) in [6.07, 6.45) is 0. The smallest absolute Gasteiger partial charge is 0.325 e. The van der Waals surface area contributed by atoms with Gasteiger partial charge in [-0.05, 0) is 23.7 Å². The topological polar surface area (TPSA) is 84.0 Å². The lowest BCUT2D eigenvalue weighted by Gasteiger charge is -2.40. The molecule has 1 saturated heterocycles. The molecule has 0 spiro atoms. The highest BCUT2D eigenvalue weighted by Gasteiger charge is 2.48. The lowest BCUT2D eigenvalue weighted by atomic mass is 10.1. The summed E-state index contributed by atoms with van der Waals surface area (Å²) < 4.78 is 5.45. The third-order valence-electron chi connectivity index (χ3n) is 5.90. The Hall–Kier alpha value is -2.91. The standard InChI is InChI=1S/C25H28N2O5SSi/c1-34(2,3)14-13-32-21(28)15-26-24(31)20(16-33-25(26)17-9-5-4-6-10-17)27-22(29)18-11-7-8-12-19(18)23(27)30/h4-12,20,25H,13-16H2,1-3H3/t20?,25-/m1/s1. The van der Waals surface area contributed by atoms with Gasteiger partial charge in [-0.1, -0.05) is 62.1 Å². The number of rotatable bonds is 7. The van der Waals surface area contributed by atoms with Gasteiger partial charge in [0.25, 0.3) is 11.8 Å². The number of fused-ring (bicyclic) bond motifs is 1. The summed E-state index contributed by atoms with van der Waals surface area (Å²) in [5.41, 5.74) is 1.47. The third-order valence-corrected chi connectivity index (χ3v) is 8.95. The maximum Gasteiger partial charge on any atom is 0.325 e. The normalized spacial score (nSPS) is 20.5. The molecule has 1 unspecified atom stereocenters. The van der Waals surface area contributed by atoms with Gasteiger partial charge in [0.15, 0.2) is 0 Å². The molecule has 0 saturated carbocycles. The second kappa shape index (κ2) is 9.75. The van der Waals surface area contributed by atoms with Crippen molar-refractivity contribution in [1.82, 2.24) is 9.80 Å². The molecule has 2 aromatic rings. The molecule has 4 rings (SSSR count). The summed E-state index contributed by atoms with van der Waals surface area (Å²) in [5, 5.41) is -0.412. The van der Waals surface area contributed by atoms with Gasteiger partial charge in [-0.3, -0.25) is 24.1 Å². The molecule has 3 amide bonds.